The molecule has 2 heterocycles. The lowest BCUT2D eigenvalue weighted by Crippen LogP contribution is -2.58. The second kappa shape index (κ2) is 6.53. The monoisotopic (exact) mass is 269 g/mol. The highest BCUT2D eigenvalue weighted by Gasteiger charge is 2.43. The van der Waals surface area contributed by atoms with Gasteiger partial charge in [-0.3, -0.25) is 9.80 Å². The summed E-state index contributed by atoms with van der Waals surface area (Å²) in [7, 11) is 1.81. The van der Waals surface area contributed by atoms with Crippen molar-refractivity contribution < 1.29 is 4.74 Å². The first-order valence-electron chi connectivity index (χ1n) is 7.79. The number of nitrogens with zero attached hydrogens (tertiary/aromatic N) is 2. The van der Waals surface area contributed by atoms with Crippen molar-refractivity contribution in [3.05, 3.63) is 0 Å². The fraction of sp³-hybridized carbons (Fsp3) is 1.00. The van der Waals surface area contributed by atoms with Crippen LogP contribution in [0.4, 0.5) is 0 Å². The molecule has 112 valence electrons. The van der Waals surface area contributed by atoms with E-state index in [9.17, 15) is 0 Å². The van der Waals surface area contributed by atoms with Crippen LogP contribution >= 0.6 is 0 Å². The number of methoxy groups -OCH3 is 1. The Labute approximate surface area is 118 Å². The molecule has 0 amide bonds. The molecule has 4 nitrogen and oxygen atoms in total. The number of piperidine rings is 1. The van der Waals surface area contributed by atoms with E-state index in [-0.39, 0.29) is 5.54 Å². The summed E-state index contributed by atoms with van der Waals surface area (Å²) in [5.74, 6) is 0.749. The predicted molar refractivity (Wildman–Crippen MR) is 79.3 cm³/mol. The van der Waals surface area contributed by atoms with E-state index in [1.165, 1.54) is 38.9 Å². The zero-order valence-electron chi connectivity index (χ0n) is 12.9. The van der Waals surface area contributed by atoms with Crippen LogP contribution in [-0.2, 0) is 4.74 Å². The van der Waals surface area contributed by atoms with Gasteiger partial charge in [-0.25, -0.2) is 0 Å². The average molecular weight is 269 g/mol. The first-order chi connectivity index (χ1) is 9.11. The van der Waals surface area contributed by atoms with E-state index in [2.05, 4.69) is 23.6 Å². The summed E-state index contributed by atoms with van der Waals surface area (Å²) in [6.07, 6.45) is 3.76. The van der Waals surface area contributed by atoms with Gasteiger partial charge in [0.25, 0.3) is 0 Å². The van der Waals surface area contributed by atoms with Gasteiger partial charge in [-0.05, 0) is 52.1 Å². The van der Waals surface area contributed by atoms with Crippen LogP contribution in [0.3, 0.4) is 0 Å². The molecule has 19 heavy (non-hydrogen) atoms. The summed E-state index contributed by atoms with van der Waals surface area (Å²) in [5, 5.41) is 0. The largest absolute Gasteiger partial charge is 0.384 e. The summed E-state index contributed by atoms with van der Waals surface area (Å²) in [4.78, 5) is 5.25. The molecule has 2 rings (SSSR count). The number of rotatable bonds is 5. The third-order valence-corrected chi connectivity index (χ3v) is 5.16. The van der Waals surface area contributed by atoms with Crippen LogP contribution in [0.25, 0.3) is 0 Å². The number of ether oxygens (including phenoxy) is 1. The Balaban J connectivity index is 1.93. The summed E-state index contributed by atoms with van der Waals surface area (Å²) in [6, 6.07) is 0.638. The summed E-state index contributed by atoms with van der Waals surface area (Å²) in [5.41, 5.74) is 6.40. The maximum Gasteiger partial charge on any atom is 0.0491 e. The highest BCUT2D eigenvalue weighted by molar-refractivity contribution is 5.01. The SMILES string of the molecule is COCC1CCN(C2(CN)CCN(C(C)C)C2)CC1. The van der Waals surface area contributed by atoms with Crippen LogP contribution in [0, 0.1) is 5.92 Å². The molecule has 1 atom stereocenters. The van der Waals surface area contributed by atoms with Gasteiger partial charge in [-0.15, -0.1) is 0 Å². The Hall–Kier alpha value is -0.160. The highest BCUT2D eigenvalue weighted by atomic mass is 16.5. The lowest BCUT2D eigenvalue weighted by atomic mass is 9.89. The minimum atomic E-state index is 0.238. The molecule has 2 N–H and O–H groups in total. The molecule has 0 aliphatic carbocycles. The van der Waals surface area contributed by atoms with Crippen molar-refractivity contribution >= 4 is 0 Å². The molecule has 4 heteroatoms. The molecule has 2 saturated heterocycles. The van der Waals surface area contributed by atoms with E-state index in [1.807, 2.05) is 7.11 Å². The third kappa shape index (κ3) is 3.30. The van der Waals surface area contributed by atoms with E-state index < -0.39 is 0 Å². The van der Waals surface area contributed by atoms with Crippen molar-refractivity contribution in [2.24, 2.45) is 11.7 Å². The molecule has 0 aromatic rings. The second-order valence-corrected chi connectivity index (χ2v) is 6.63. The van der Waals surface area contributed by atoms with Crippen molar-refractivity contribution in [1.29, 1.82) is 0 Å². The van der Waals surface area contributed by atoms with Gasteiger partial charge in [-0.1, -0.05) is 0 Å². The van der Waals surface area contributed by atoms with Crippen molar-refractivity contribution in [2.75, 3.05) is 46.4 Å². The highest BCUT2D eigenvalue weighted by Crippen LogP contribution is 2.32. The van der Waals surface area contributed by atoms with Gasteiger partial charge in [0.05, 0.1) is 0 Å². The summed E-state index contributed by atoms with van der Waals surface area (Å²) in [6.45, 7) is 11.0. The topological polar surface area (TPSA) is 41.7 Å². The van der Waals surface area contributed by atoms with Crippen LogP contribution in [0.5, 0.6) is 0 Å². The van der Waals surface area contributed by atoms with E-state index in [4.69, 9.17) is 10.5 Å². The zero-order valence-corrected chi connectivity index (χ0v) is 12.9. The molecule has 0 bridgehead atoms. The van der Waals surface area contributed by atoms with E-state index >= 15 is 0 Å². The Morgan fingerprint density at radius 1 is 1.26 bits per heavy atom. The summed E-state index contributed by atoms with van der Waals surface area (Å²) < 4.78 is 5.29. The molecular formula is C15H31N3O. The quantitative estimate of drug-likeness (QED) is 0.813. The average Bonchev–Trinajstić information content (AvgIpc) is 2.86. The standard InChI is InChI=1S/C15H31N3O/c1-13(2)17-9-6-15(11-16,12-17)18-7-4-14(5-8-18)10-19-3/h13-14H,4-12,16H2,1-3H3. The van der Waals surface area contributed by atoms with Gasteiger partial charge in [0.1, 0.15) is 0 Å². The number of hydrogen-bond donors (Lipinski definition) is 1. The summed E-state index contributed by atoms with van der Waals surface area (Å²) >= 11 is 0. The van der Waals surface area contributed by atoms with Crippen molar-refractivity contribution in [3.8, 4) is 0 Å². The Morgan fingerprint density at radius 3 is 2.42 bits per heavy atom. The molecule has 0 spiro atoms. The molecule has 0 saturated carbocycles. The van der Waals surface area contributed by atoms with Crippen LogP contribution < -0.4 is 5.73 Å². The molecule has 0 radical (unpaired) electrons. The van der Waals surface area contributed by atoms with Gasteiger partial charge in [-0.2, -0.15) is 0 Å². The van der Waals surface area contributed by atoms with E-state index in [0.29, 0.717) is 6.04 Å². The smallest absolute Gasteiger partial charge is 0.0491 e. The normalized spacial score (nSPS) is 31.4. The van der Waals surface area contributed by atoms with Crippen LogP contribution in [0.2, 0.25) is 0 Å². The van der Waals surface area contributed by atoms with Gasteiger partial charge in [0.15, 0.2) is 0 Å². The van der Waals surface area contributed by atoms with Crippen molar-refractivity contribution in [3.63, 3.8) is 0 Å². The maximum absolute atomic E-state index is 6.16. The molecule has 0 aromatic carbocycles. The van der Waals surface area contributed by atoms with Gasteiger partial charge in [0, 0.05) is 44.9 Å². The van der Waals surface area contributed by atoms with Crippen molar-refractivity contribution in [2.45, 2.75) is 44.7 Å². The second-order valence-electron chi connectivity index (χ2n) is 6.63. The zero-order chi connectivity index (χ0) is 13.9. The minimum Gasteiger partial charge on any atom is -0.384 e. The predicted octanol–water partition coefficient (Wildman–Crippen LogP) is 1.16. The minimum absolute atomic E-state index is 0.238. The maximum atomic E-state index is 6.16. The lowest BCUT2D eigenvalue weighted by Gasteiger charge is -2.44. The van der Waals surface area contributed by atoms with Crippen molar-refractivity contribution in [1.82, 2.24) is 9.80 Å². The first-order valence-corrected chi connectivity index (χ1v) is 7.79. The molecule has 1 unspecified atom stereocenters. The number of hydrogen-bond acceptors (Lipinski definition) is 4. The van der Waals surface area contributed by atoms with E-state index in [0.717, 1.165) is 25.6 Å². The van der Waals surface area contributed by atoms with Crippen LogP contribution in [-0.4, -0.2) is 67.8 Å². The number of likely N-dealkylation sites (tertiary alicyclic amines) is 2. The van der Waals surface area contributed by atoms with Gasteiger partial charge in [0.2, 0.25) is 0 Å². The Bertz CT molecular complexity index is 277. The van der Waals surface area contributed by atoms with Crippen LogP contribution in [0.1, 0.15) is 33.1 Å². The van der Waals surface area contributed by atoms with Gasteiger partial charge < -0.3 is 10.5 Å². The molecule has 2 aliphatic rings. The Kier molecular flexibility index (Phi) is 5.23. The fourth-order valence-corrected chi connectivity index (χ4v) is 3.69. The Morgan fingerprint density at radius 2 is 1.95 bits per heavy atom. The molecule has 2 fully saturated rings. The molecule has 0 aromatic heterocycles. The molecule has 2 aliphatic heterocycles. The first kappa shape index (κ1) is 15.2. The number of nitrogens with two attached hydrogens (primary N) is 1. The van der Waals surface area contributed by atoms with E-state index in [1.54, 1.807) is 0 Å². The fourth-order valence-electron chi connectivity index (χ4n) is 3.69. The van der Waals surface area contributed by atoms with Gasteiger partial charge >= 0.3 is 0 Å². The third-order valence-electron chi connectivity index (χ3n) is 5.16. The van der Waals surface area contributed by atoms with Crippen LogP contribution in [0.15, 0.2) is 0 Å². The lowest BCUT2D eigenvalue weighted by molar-refractivity contribution is 0.0360. The molecular weight excluding hydrogens is 238 g/mol.